The molecule has 0 heterocycles. The molecular weight excluding hydrogens is 220 g/mol. The highest BCUT2D eigenvalue weighted by Crippen LogP contribution is 2.36. The third kappa shape index (κ3) is 2.48. The van der Waals surface area contributed by atoms with E-state index in [4.69, 9.17) is 16.9 Å². The SMILES string of the molecule is CC(CNc1cccc(Cl)c1C#N)C1CC1. The number of benzene rings is 1. The van der Waals surface area contributed by atoms with Crippen molar-refractivity contribution in [3.05, 3.63) is 28.8 Å². The van der Waals surface area contributed by atoms with Gasteiger partial charge in [0.15, 0.2) is 0 Å². The van der Waals surface area contributed by atoms with Gasteiger partial charge in [-0.3, -0.25) is 0 Å². The Kier molecular flexibility index (Phi) is 3.36. The van der Waals surface area contributed by atoms with Crippen molar-refractivity contribution in [1.29, 1.82) is 5.26 Å². The number of halogens is 1. The van der Waals surface area contributed by atoms with Gasteiger partial charge in [0.25, 0.3) is 0 Å². The largest absolute Gasteiger partial charge is 0.384 e. The van der Waals surface area contributed by atoms with Gasteiger partial charge in [-0.1, -0.05) is 24.6 Å². The Morgan fingerprint density at radius 3 is 2.94 bits per heavy atom. The highest BCUT2D eigenvalue weighted by Gasteiger charge is 2.27. The minimum atomic E-state index is 0.520. The second-order valence-corrected chi connectivity index (χ2v) is 4.88. The van der Waals surface area contributed by atoms with E-state index in [1.807, 2.05) is 12.1 Å². The first-order valence-electron chi connectivity index (χ1n) is 5.65. The van der Waals surface area contributed by atoms with Gasteiger partial charge in [0.05, 0.1) is 16.3 Å². The molecular formula is C13H15ClN2. The summed E-state index contributed by atoms with van der Waals surface area (Å²) >= 11 is 5.96. The summed E-state index contributed by atoms with van der Waals surface area (Å²) in [4.78, 5) is 0. The zero-order valence-corrected chi connectivity index (χ0v) is 10.1. The molecule has 3 heteroatoms. The standard InChI is InChI=1S/C13H15ClN2/c1-9(10-5-6-10)8-16-13-4-2-3-12(14)11(13)7-15/h2-4,9-10,16H,5-6,8H2,1H3. The fourth-order valence-electron chi connectivity index (χ4n) is 1.89. The predicted molar refractivity (Wildman–Crippen MR) is 66.5 cm³/mol. The van der Waals surface area contributed by atoms with Crippen LogP contribution < -0.4 is 5.32 Å². The van der Waals surface area contributed by atoms with Gasteiger partial charge in [-0.25, -0.2) is 0 Å². The van der Waals surface area contributed by atoms with Crippen molar-refractivity contribution in [2.24, 2.45) is 11.8 Å². The third-order valence-corrected chi connectivity index (χ3v) is 3.48. The minimum absolute atomic E-state index is 0.520. The smallest absolute Gasteiger partial charge is 0.103 e. The summed E-state index contributed by atoms with van der Waals surface area (Å²) < 4.78 is 0. The van der Waals surface area contributed by atoms with Crippen LogP contribution in [0.5, 0.6) is 0 Å². The molecule has 0 spiro atoms. The lowest BCUT2D eigenvalue weighted by Crippen LogP contribution is -2.13. The molecule has 0 radical (unpaired) electrons. The number of hydrogen-bond acceptors (Lipinski definition) is 2. The highest BCUT2D eigenvalue weighted by atomic mass is 35.5. The molecule has 84 valence electrons. The molecule has 1 saturated carbocycles. The third-order valence-electron chi connectivity index (χ3n) is 3.17. The average molecular weight is 235 g/mol. The fourth-order valence-corrected chi connectivity index (χ4v) is 2.10. The van der Waals surface area contributed by atoms with Crippen molar-refractivity contribution in [2.45, 2.75) is 19.8 Å². The highest BCUT2D eigenvalue weighted by molar-refractivity contribution is 6.32. The monoisotopic (exact) mass is 234 g/mol. The lowest BCUT2D eigenvalue weighted by molar-refractivity contribution is 0.536. The number of anilines is 1. The van der Waals surface area contributed by atoms with E-state index < -0.39 is 0 Å². The van der Waals surface area contributed by atoms with Crippen LogP contribution in [0.15, 0.2) is 18.2 Å². The zero-order valence-electron chi connectivity index (χ0n) is 9.33. The fraction of sp³-hybridized carbons (Fsp3) is 0.462. The molecule has 1 aromatic rings. The first-order valence-corrected chi connectivity index (χ1v) is 6.02. The summed E-state index contributed by atoms with van der Waals surface area (Å²) in [6, 6.07) is 7.66. The van der Waals surface area contributed by atoms with Crippen molar-refractivity contribution in [3.8, 4) is 6.07 Å². The molecule has 1 N–H and O–H groups in total. The summed E-state index contributed by atoms with van der Waals surface area (Å²) in [7, 11) is 0. The van der Waals surface area contributed by atoms with Crippen LogP contribution in [0.1, 0.15) is 25.3 Å². The van der Waals surface area contributed by atoms with Crippen LogP contribution in [0.25, 0.3) is 0 Å². The first-order chi connectivity index (χ1) is 7.72. The Balaban J connectivity index is 2.03. The number of hydrogen-bond donors (Lipinski definition) is 1. The Morgan fingerprint density at radius 1 is 1.56 bits per heavy atom. The van der Waals surface area contributed by atoms with Crippen molar-refractivity contribution in [2.75, 3.05) is 11.9 Å². The molecule has 1 aliphatic carbocycles. The van der Waals surface area contributed by atoms with Crippen molar-refractivity contribution < 1.29 is 0 Å². The molecule has 2 rings (SSSR count). The summed E-state index contributed by atoms with van der Waals surface area (Å²) in [5.41, 5.74) is 1.40. The summed E-state index contributed by atoms with van der Waals surface area (Å²) in [6.07, 6.45) is 2.70. The quantitative estimate of drug-likeness (QED) is 0.863. The van der Waals surface area contributed by atoms with Gasteiger partial charge < -0.3 is 5.32 Å². The van der Waals surface area contributed by atoms with Crippen LogP contribution in [0.3, 0.4) is 0 Å². The Hall–Kier alpha value is -1.20. The van der Waals surface area contributed by atoms with Crippen LogP contribution >= 0.6 is 11.6 Å². The molecule has 1 atom stereocenters. The Bertz CT molecular complexity index is 418. The number of nitriles is 1. The van der Waals surface area contributed by atoms with Crippen molar-refractivity contribution in [1.82, 2.24) is 0 Å². The lowest BCUT2D eigenvalue weighted by Gasteiger charge is -2.13. The predicted octanol–water partition coefficient (Wildman–Crippen LogP) is 3.67. The Morgan fingerprint density at radius 2 is 2.31 bits per heavy atom. The van der Waals surface area contributed by atoms with Gasteiger partial charge in [-0.2, -0.15) is 5.26 Å². The number of rotatable bonds is 4. The molecule has 1 unspecified atom stereocenters. The molecule has 0 saturated heterocycles. The maximum atomic E-state index is 9.01. The van der Waals surface area contributed by atoms with Gasteiger partial charge in [-0.15, -0.1) is 0 Å². The molecule has 2 nitrogen and oxygen atoms in total. The van der Waals surface area contributed by atoms with Gasteiger partial charge in [0.2, 0.25) is 0 Å². The lowest BCUT2D eigenvalue weighted by atomic mass is 10.1. The van der Waals surface area contributed by atoms with E-state index in [2.05, 4.69) is 18.3 Å². The van der Waals surface area contributed by atoms with Crippen LogP contribution in [0, 0.1) is 23.2 Å². The van der Waals surface area contributed by atoms with Gasteiger partial charge >= 0.3 is 0 Å². The molecule has 0 aromatic heterocycles. The van der Waals surface area contributed by atoms with Gasteiger partial charge in [-0.05, 0) is 36.8 Å². The molecule has 1 aromatic carbocycles. The van der Waals surface area contributed by atoms with E-state index in [1.165, 1.54) is 12.8 Å². The first kappa shape index (κ1) is 11.3. The molecule has 0 bridgehead atoms. The Labute approximate surface area is 101 Å². The number of nitrogens with one attached hydrogen (secondary N) is 1. The second-order valence-electron chi connectivity index (χ2n) is 4.47. The normalized spacial score (nSPS) is 16.6. The van der Waals surface area contributed by atoms with E-state index in [0.717, 1.165) is 18.2 Å². The molecule has 0 amide bonds. The molecule has 1 fully saturated rings. The second kappa shape index (κ2) is 4.76. The molecule has 0 aliphatic heterocycles. The zero-order chi connectivity index (χ0) is 11.5. The van der Waals surface area contributed by atoms with E-state index in [1.54, 1.807) is 6.07 Å². The summed E-state index contributed by atoms with van der Waals surface area (Å²) in [5, 5.41) is 12.9. The molecule has 1 aliphatic rings. The van der Waals surface area contributed by atoms with E-state index in [9.17, 15) is 0 Å². The van der Waals surface area contributed by atoms with Crippen molar-refractivity contribution in [3.63, 3.8) is 0 Å². The topological polar surface area (TPSA) is 35.8 Å². The van der Waals surface area contributed by atoms with E-state index >= 15 is 0 Å². The van der Waals surface area contributed by atoms with Crippen LogP contribution in [-0.2, 0) is 0 Å². The van der Waals surface area contributed by atoms with E-state index in [0.29, 0.717) is 16.5 Å². The summed E-state index contributed by atoms with van der Waals surface area (Å²) in [6.45, 7) is 3.17. The maximum absolute atomic E-state index is 9.01. The van der Waals surface area contributed by atoms with Gasteiger partial charge in [0.1, 0.15) is 6.07 Å². The van der Waals surface area contributed by atoms with Gasteiger partial charge in [0, 0.05) is 6.54 Å². The molecule has 16 heavy (non-hydrogen) atoms. The number of nitrogens with zero attached hydrogens (tertiary/aromatic N) is 1. The average Bonchev–Trinajstić information content (AvgIpc) is 3.09. The van der Waals surface area contributed by atoms with Crippen LogP contribution in [-0.4, -0.2) is 6.54 Å². The maximum Gasteiger partial charge on any atom is 0.103 e. The van der Waals surface area contributed by atoms with Crippen molar-refractivity contribution >= 4 is 17.3 Å². The minimum Gasteiger partial charge on any atom is -0.384 e. The summed E-state index contributed by atoms with van der Waals surface area (Å²) in [5.74, 6) is 1.54. The van der Waals surface area contributed by atoms with Crippen LogP contribution in [0.4, 0.5) is 5.69 Å². The van der Waals surface area contributed by atoms with E-state index in [-0.39, 0.29) is 0 Å². The van der Waals surface area contributed by atoms with Crippen LogP contribution in [0.2, 0.25) is 5.02 Å².